The lowest BCUT2D eigenvalue weighted by molar-refractivity contribution is -0.121. The van der Waals surface area contributed by atoms with Gasteiger partial charge in [0.1, 0.15) is 6.54 Å². The van der Waals surface area contributed by atoms with Crippen LogP contribution in [0.5, 0.6) is 0 Å². The molecule has 4 aromatic rings. The Morgan fingerprint density at radius 2 is 1.88 bits per heavy atom. The van der Waals surface area contributed by atoms with E-state index in [-0.39, 0.29) is 24.2 Å². The van der Waals surface area contributed by atoms with Gasteiger partial charge in [-0.1, -0.05) is 36.4 Å². The van der Waals surface area contributed by atoms with Crippen LogP contribution < -0.4 is 11.0 Å². The van der Waals surface area contributed by atoms with Crippen molar-refractivity contribution in [1.29, 1.82) is 0 Å². The van der Waals surface area contributed by atoms with E-state index in [1.807, 2.05) is 16.7 Å². The fourth-order valence-corrected chi connectivity index (χ4v) is 5.82. The van der Waals surface area contributed by atoms with E-state index in [1.54, 1.807) is 13.2 Å². The third-order valence-corrected chi connectivity index (χ3v) is 7.40. The first-order chi connectivity index (χ1) is 16.2. The Bertz CT molecular complexity index is 1420. The van der Waals surface area contributed by atoms with Gasteiger partial charge in [-0.2, -0.15) is 0 Å². The summed E-state index contributed by atoms with van der Waals surface area (Å²) in [6.07, 6.45) is 4.53. The van der Waals surface area contributed by atoms with Gasteiger partial charge in [-0.3, -0.25) is 18.8 Å². The highest BCUT2D eigenvalue weighted by Gasteiger charge is 2.33. The summed E-state index contributed by atoms with van der Waals surface area (Å²) in [7, 11) is 1.58. The van der Waals surface area contributed by atoms with E-state index >= 15 is 0 Å². The number of nitrogens with one attached hydrogen (secondary N) is 1. The molecule has 0 saturated carbocycles. The number of amides is 1. The third-order valence-electron chi connectivity index (χ3n) is 7.40. The molecular formula is C26H27N5O2. The molecule has 1 unspecified atom stereocenters. The number of hydrogen-bond donors (Lipinski definition) is 1. The zero-order valence-electron chi connectivity index (χ0n) is 18.7. The number of pyridine rings is 1. The zero-order valence-corrected chi connectivity index (χ0v) is 18.7. The van der Waals surface area contributed by atoms with E-state index < -0.39 is 0 Å². The highest BCUT2D eigenvalue weighted by atomic mass is 16.2. The molecule has 7 heteroatoms. The maximum absolute atomic E-state index is 13.3. The first-order valence-electron chi connectivity index (χ1n) is 11.7. The molecule has 0 bridgehead atoms. The van der Waals surface area contributed by atoms with Gasteiger partial charge in [-0.25, -0.2) is 9.78 Å². The molecule has 0 spiro atoms. The highest BCUT2D eigenvalue weighted by Crippen LogP contribution is 2.41. The summed E-state index contributed by atoms with van der Waals surface area (Å²) < 4.78 is 3.36. The molecule has 1 amide bonds. The zero-order chi connectivity index (χ0) is 22.5. The van der Waals surface area contributed by atoms with Gasteiger partial charge in [-0.15, -0.1) is 0 Å². The summed E-state index contributed by atoms with van der Waals surface area (Å²) in [5.74, 6) is -0.202. The topological polar surface area (TPSA) is 72.2 Å². The Morgan fingerprint density at radius 1 is 1.09 bits per heavy atom. The van der Waals surface area contributed by atoms with E-state index in [0.717, 1.165) is 37.9 Å². The minimum absolute atomic E-state index is 0.0149. The van der Waals surface area contributed by atoms with E-state index in [4.69, 9.17) is 0 Å². The van der Waals surface area contributed by atoms with Crippen LogP contribution in [0.4, 0.5) is 0 Å². The van der Waals surface area contributed by atoms with Crippen molar-refractivity contribution in [3.05, 3.63) is 76.3 Å². The Hall–Kier alpha value is -3.45. The van der Waals surface area contributed by atoms with Crippen molar-refractivity contribution in [3.63, 3.8) is 0 Å². The van der Waals surface area contributed by atoms with Crippen LogP contribution in [-0.4, -0.2) is 45.1 Å². The fourth-order valence-electron chi connectivity index (χ4n) is 5.82. The van der Waals surface area contributed by atoms with Crippen LogP contribution in [0.3, 0.4) is 0 Å². The lowest BCUT2D eigenvalue weighted by Gasteiger charge is -2.36. The van der Waals surface area contributed by atoms with Crippen molar-refractivity contribution in [1.82, 2.24) is 24.3 Å². The average Bonchev–Trinajstić information content (AvgIpc) is 3.36. The number of rotatable bonds is 4. The van der Waals surface area contributed by atoms with E-state index in [2.05, 4.69) is 51.6 Å². The van der Waals surface area contributed by atoms with Crippen LogP contribution in [0.1, 0.15) is 36.1 Å². The number of carbonyl (C=O) groups is 1. The molecule has 2 aromatic heterocycles. The molecule has 0 radical (unpaired) electrons. The third kappa shape index (κ3) is 3.18. The van der Waals surface area contributed by atoms with Gasteiger partial charge in [0.25, 0.3) is 0 Å². The first kappa shape index (κ1) is 20.2. The first-order valence-corrected chi connectivity index (χ1v) is 11.7. The summed E-state index contributed by atoms with van der Waals surface area (Å²) in [5.41, 5.74) is 4.11. The monoisotopic (exact) mass is 441 g/mol. The smallest absolute Gasteiger partial charge is 0.331 e. The van der Waals surface area contributed by atoms with Gasteiger partial charge in [0.15, 0.2) is 5.65 Å². The minimum atomic E-state index is -0.202. The molecular weight excluding hydrogens is 414 g/mol. The van der Waals surface area contributed by atoms with Crippen LogP contribution >= 0.6 is 0 Å². The fraction of sp³-hybridized carbons (Fsp3) is 0.346. The number of imidazole rings is 1. The van der Waals surface area contributed by atoms with Gasteiger partial charge in [-0.05, 0) is 53.3 Å². The second-order valence-corrected chi connectivity index (χ2v) is 9.11. The predicted octanol–water partition coefficient (Wildman–Crippen LogP) is 3.03. The summed E-state index contributed by atoms with van der Waals surface area (Å²) in [6.45, 7) is 1.86. The molecule has 3 heterocycles. The molecule has 7 nitrogen and oxygen atoms in total. The lowest BCUT2D eigenvalue weighted by Crippen LogP contribution is -2.40. The Labute approximate surface area is 191 Å². The van der Waals surface area contributed by atoms with E-state index in [9.17, 15) is 9.59 Å². The second-order valence-electron chi connectivity index (χ2n) is 9.11. The number of fused-ring (bicyclic) bond motifs is 1. The largest absolute Gasteiger partial charge is 0.358 e. The number of aromatic nitrogens is 3. The number of likely N-dealkylation sites (N-methyl/N-ethyl adjacent to an activating group) is 1. The maximum atomic E-state index is 13.3. The highest BCUT2D eigenvalue weighted by molar-refractivity contribution is 5.91. The molecule has 2 aromatic carbocycles. The molecule has 33 heavy (non-hydrogen) atoms. The average molecular weight is 442 g/mol. The molecule has 1 aliphatic carbocycles. The van der Waals surface area contributed by atoms with Gasteiger partial charge in [0.05, 0.1) is 5.52 Å². The summed E-state index contributed by atoms with van der Waals surface area (Å²) in [6, 6.07) is 17.6. The molecule has 168 valence electrons. The molecule has 1 fully saturated rings. The molecule has 6 rings (SSSR count). The number of likely N-dealkylation sites (tertiary alicyclic amines) is 1. The van der Waals surface area contributed by atoms with Crippen molar-refractivity contribution < 1.29 is 4.79 Å². The van der Waals surface area contributed by atoms with Gasteiger partial charge in [0.2, 0.25) is 5.91 Å². The molecule has 1 aliphatic heterocycles. The minimum Gasteiger partial charge on any atom is -0.358 e. The van der Waals surface area contributed by atoms with E-state index in [0.29, 0.717) is 11.7 Å². The van der Waals surface area contributed by atoms with Crippen LogP contribution in [0, 0.1) is 0 Å². The van der Waals surface area contributed by atoms with Crippen LogP contribution in [0.15, 0.2) is 59.5 Å². The molecule has 1 atom stereocenters. The van der Waals surface area contributed by atoms with Crippen LogP contribution in [-0.2, 0) is 17.8 Å². The quantitative estimate of drug-likeness (QED) is 0.528. The van der Waals surface area contributed by atoms with Crippen molar-refractivity contribution in [2.75, 3.05) is 20.1 Å². The molecule has 1 N–H and O–H groups in total. The number of hydrogen-bond acceptors (Lipinski definition) is 4. The van der Waals surface area contributed by atoms with Gasteiger partial charge < -0.3 is 5.32 Å². The van der Waals surface area contributed by atoms with Crippen molar-refractivity contribution in [2.24, 2.45) is 0 Å². The Balaban J connectivity index is 1.27. The van der Waals surface area contributed by atoms with Crippen molar-refractivity contribution in [2.45, 2.75) is 37.9 Å². The number of benzene rings is 2. The molecule has 1 saturated heterocycles. The van der Waals surface area contributed by atoms with Crippen molar-refractivity contribution in [3.8, 4) is 0 Å². The van der Waals surface area contributed by atoms with Gasteiger partial charge in [0, 0.05) is 38.4 Å². The van der Waals surface area contributed by atoms with Gasteiger partial charge >= 0.3 is 5.69 Å². The Morgan fingerprint density at radius 3 is 2.67 bits per heavy atom. The lowest BCUT2D eigenvalue weighted by atomic mass is 9.99. The summed E-state index contributed by atoms with van der Waals surface area (Å²) >= 11 is 0. The molecule has 2 aliphatic rings. The van der Waals surface area contributed by atoms with Crippen molar-refractivity contribution >= 4 is 27.8 Å². The standard InChI is InChI=1S/C26H27N5O2/c1-27-23(32)16-30-25-21(9-4-12-28-25)31(26(30)33)19-10-13-29(14-11-19)22-15-18-7-2-5-17-6-3-8-20(22)24(17)18/h2-9,12,19,22H,10-11,13-16H2,1H3,(H,27,32). The second kappa shape index (κ2) is 7.85. The Kier molecular flexibility index (Phi) is 4.80. The van der Waals surface area contributed by atoms with Crippen LogP contribution in [0.25, 0.3) is 21.9 Å². The van der Waals surface area contributed by atoms with Crippen LogP contribution in [0.2, 0.25) is 0 Å². The normalized spacial score (nSPS) is 18.9. The number of carbonyl (C=O) groups excluding carboxylic acids is 1. The summed E-state index contributed by atoms with van der Waals surface area (Å²) in [5, 5.41) is 5.35. The SMILES string of the molecule is CNC(=O)Cn1c(=O)n(C2CCN(C3Cc4cccc5cccc3c45)CC2)c2cccnc21. The van der Waals surface area contributed by atoms with E-state index in [1.165, 1.54) is 26.5 Å². The maximum Gasteiger partial charge on any atom is 0.331 e. The number of piperidine rings is 1. The predicted molar refractivity (Wildman–Crippen MR) is 128 cm³/mol. The number of nitrogens with zero attached hydrogens (tertiary/aromatic N) is 4. The summed E-state index contributed by atoms with van der Waals surface area (Å²) in [4.78, 5) is 32.4.